The molecule has 1 heterocycles. The number of alkyl halides is 3. The second kappa shape index (κ2) is 12.1. The lowest BCUT2D eigenvalue weighted by atomic mass is 9.90. The van der Waals surface area contributed by atoms with Gasteiger partial charge in [-0.3, -0.25) is 9.69 Å². The monoisotopic (exact) mass is 547 g/mol. The van der Waals surface area contributed by atoms with Crippen molar-refractivity contribution in [1.82, 2.24) is 4.90 Å². The lowest BCUT2D eigenvalue weighted by molar-refractivity contribution is -0.143. The smallest absolute Gasteiger partial charge is 0.416 e. The molecule has 0 amide bonds. The fraction of sp³-hybridized carbons (Fsp3) is 0.345. The standard InChI is InChI=1S/C29H29ClF3NO4/c1-2-37-26-15-20(10-13-25(26)38-18-19-7-4-3-5-8-19)27(34-14-6-9-21(17-34)28(35)36)23-16-22(29(31,32)33)11-12-24(23)30/h3-5,7-8,10-13,15-16,21,27H,2,6,9,14,17-18H2,1H3,(H,35,36). The molecule has 1 fully saturated rings. The Hall–Kier alpha value is -3.23. The Balaban J connectivity index is 1.76. The zero-order chi connectivity index (χ0) is 27.3. The summed E-state index contributed by atoms with van der Waals surface area (Å²) >= 11 is 6.49. The van der Waals surface area contributed by atoms with Crippen LogP contribution in [0.25, 0.3) is 0 Å². The summed E-state index contributed by atoms with van der Waals surface area (Å²) in [6.07, 6.45) is -3.45. The van der Waals surface area contributed by atoms with E-state index >= 15 is 0 Å². The van der Waals surface area contributed by atoms with Crippen LogP contribution in [0.3, 0.4) is 0 Å². The molecule has 1 N–H and O–H groups in total. The number of carboxylic acids is 1. The van der Waals surface area contributed by atoms with Crippen LogP contribution >= 0.6 is 11.6 Å². The average molecular weight is 548 g/mol. The molecule has 5 nitrogen and oxygen atoms in total. The summed E-state index contributed by atoms with van der Waals surface area (Å²) in [5.74, 6) is -0.616. The highest BCUT2D eigenvalue weighted by molar-refractivity contribution is 6.31. The van der Waals surface area contributed by atoms with E-state index < -0.39 is 29.7 Å². The quantitative estimate of drug-likeness (QED) is 0.306. The third kappa shape index (κ3) is 6.60. The molecule has 38 heavy (non-hydrogen) atoms. The Morgan fingerprint density at radius 2 is 1.84 bits per heavy atom. The maximum atomic E-state index is 13.6. The van der Waals surface area contributed by atoms with Crippen LogP contribution in [0.2, 0.25) is 5.02 Å². The van der Waals surface area contributed by atoms with E-state index in [1.807, 2.05) is 42.2 Å². The Bertz CT molecular complexity index is 1250. The van der Waals surface area contributed by atoms with Crippen LogP contribution in [0, 0.1) is 5.92 Å². The summed E-state index contributed by atoms with van der Waals surface area (Å²) in [4.78, 5) is 13.7. The number of piperidine rings is 1. The minimum Gasteiger partial charge on any atom is -0.490 e. The normalized spacial score (nSPS) is 17.1. The highest BCUT2D eigenvalue weighted by atomic mass is 35.5. The van der Waals surface area contributed by atoms with Gasteiger partial charge in [0.15, 0.2) is 11.5 Å². The van der Waals surface area contributed by atoms with Crippen molar-refractivity contribution in [2.24, 2.45) is 5.92 Å². The predicted octanol–water partition coefficient (Wildman–Crippen LogP) is 7.22. The third-order valence-corrected chi connectivity index (χ3v) is 6.95. The number of nitrogens with zero attached hydrogens (tertiary/aromatic N) is 1. The summed E-state index contributed by atoms with van der Waals surface area (Å²) in [6, 6.07) is 17.4. The van der Waals surface area contributed by atoms with Crippen molar-refractivity contribution in [3.63, 3.8) is 0 Å². The molecule has 1 aliphatic rings. The number of aliphatic carboxylic acids is 1. The minimum atomic E-state index is -4.55. The molecule has 9 heteroatoms. The Morgan fingerprint density at radius 3 is 2.53 bits per heavy atom. The number of benzene rings is 3. The Kier molecular flexibility index (Phi) is 8.84. The molecule has 0 aliphatic carbocycles. The van der Waals surface area contributed by atoms with E-state index in [1.54, 1.807) is 18.2 Å². The lowest BCUT2D eigenvalue weighted by Gasteiger charge is -2.38. The van der Waals surface area contributed by atoms with E-state index in [0.29, 0.717) is 49.7 Å². The van der Waals surface area contributed by atoms with Crippen LogP contribution in [0.5, 0.6) is 11.5 Å². The van der Waals surface area contributed by atoms with Crippen molar-refractivity contribution < 1.29 is 32.5 Å². The molecule has 202 valence electrons. The summed E-state index contributed by atoms with van der Waals surface area (Å²) in [7, 11) is 0. The molecule has 4 rings (SSSR count). The SMILES string of the molecule is CCOc1cc(C(c2cc(C(F)(F)F)ccc2Cl)N2CCCC(C(=O)O)C2)ccc1OCc1ccccc1. The molecular formula is C29H29ClF3NO4. The van der Waals surface area contributed by atoms with Gasteiger partial charge in [0.2, 0.25) is 0 Å². The summed E-state index contributed by atoms with van der Waals surface area (Å²) in [5.41, 5.74) is 1.04. The molecule has 0 aromatic heterocycles. The van der Waals surface area contributed by atoms with Crippen molar-refractivity contribution in [3.05, 3.63) is 94.0 Å². The van der Waals surface area contributed by atoms with Crippen molar-refractivity contribution in [3.8, 4) is 11.5 Å². The molecular weight excluding hydrogens is 519 g/mol. The molecule has 1 saturated heterocycles. The first-order valence-corrected chi connectivity index (χ1v) is 12.8. The Morgan fingerprint density at radius 1 is 1.08 bits per heavy atom. The van der Waals surface area contributed by atoms with E-state index in [9.17, 15) is 23.1 Å². The second-order valence-electron chi connectivity index (χ2n) is 9.22. The molecule has 0 saturated carbocycles. The van der Waals surface area contributed by atoms with Gasteiger partial charge in [0.05, 0.1) is 24.1 Å². The van der Waals surface area contributed by atoms with Crippen molar-refractivity contribution in [1.29, 1.82) is 0 Å². The largest absolute Gasteiger partial charge is 0.490 e. The second-order valence-corrected chi connectivity index (χ2v) is 9.63. The molecule has 1 aliphatic heterocycles. The minimum absolute atomic E-state index is 0.169. The highest BCUT2D eigenvalue weighted by Crippen LogP contribution is 2.42. The molecule has 2 atom stereocenters. The predicted molar refractivity (Wildman–Crippen MR) is 139 cm³/mol. The first-order chi connectivity index (χ1) is 18.2. The lowest BCUT2D eigenvalue weighted by Crippen LogP contribution is -2.41. The fourth-order valence-corrected chi connectivity index (χ4v) is 5.00. The number of rotatable bonds is 9. The van der Waals surface area contributed by atoms with Gasteiger partial charge in [-0.25, -0.2) is 0 Å². The van der Waals surface area contributed by atoms with Crippen LogP contribution in [0.15, 0.2) is 66.7 Å². The molecule has 0 spiro atoms. The Labute approximate surface area is 224 Å². The summed E-state index contributed by atoms with van der Waals surface area (Å²) < 4.78 is 52.8. The number of carboxylic acid groups (broad SMARTS) is 1. The number of carbonyl (C=O) groups is 1. The van der Waals surface area contributed by atoms with Gasteiger partial charge in [-0.2, -0.15) is 13.2 Å². The fourth-order valence-electron chi connectivity index (χ4n) is 4.78. The number of halogens is 4. The van der Waals surface area contributed by atoms with Crippen LogP contribution in [-0.2, 0) is 17.6 Å². The average Bonchev–Trinajstić information content (AvgIpc) is 2.90. The third-order valence-electron chi connectivity index (χ3n) is 6.61. The molecule has 3 aromatic carbocycles. The van der Waals surface area contributed by atoms with Gasteiger partial charge >= 0.3 is 12.1 Å². The first-order valence-electron chi connectivity index (χ1n) is 12.4. The van der Waals surface area contributed by atoms with Gasteiger partial charge < -0.3 is 14.6 Å². The van der Waals surface area contributed by atoms with Crippen LogP contribution < -0.4 is 9.47 Å². The van der Waals surface area contributed by atoms with E-state index in [1.165, 1.54) is 6.07 Å². The van der Waals surface area contributed by atoms with Crippen molar-refractivity contribution >= 4 is 17.6 Å². The molecule has 0 bridgehead atoms. The zero-order valence-corrected chi connectivity index (χ0v) is 21.6. The highest BCUT2D eigenvalue weighted by Gasteiger charge is 2.36. The molecule has 2 unspecified atom stereocenters. The van der Waals surface area contributed by atoms with Gasteiger partial charge in [0, 0.05) is 11.6 Å². The number of likely N-dealkylation sites (tertiary alicyclic amines) is 1. The zero-order valence-electron chi connectivity index (χ0n) is 20.9. The van der Waals surface area contributed by atoms with E-state index in [4.69, 9.17) is 21.1 Å². The number of hydrogen-bond donors (Lipinski definition) is 1. The van der Waals surface area contributed by atoms with Crippen molar-refractivity contribution in [2.45, 2.75) is 38.6 Å². The van der Waals surface area contributed by atoms with Gasteiger partial charge in [-0.05, 0) is 73.3 Å². The van der Waals surface area contributed by atoms with Crippen LogP contribution in [0.1, 0.15) is 48.1 Å². The summed E-state index contributed by atoms with van der Waals surface area (Å²) in [5, 5.41) is 9.82. The molecule has 0 radical (unpaired) electrons. The van der Waals surface area contributed by atoms with Gasteiger partial charge in [0.1, 0.15) is 6.61 Å². The van der Waals surface area contributed by atoms with E-state index in [2.05, 4.69) is 0 Å². The summed E-state index contributed by atoms with van der Waals surface area (Å²) in [6.45, 7) is 3.19. The maximum Gasteiger partial charge on any atom is 0.416 e. The molecule has 3 aromatic rings. The van der Waals surface area contributed by atoms with Crippen molar-refractivity contribution in [2.75, 3.05) is 19.7 Å². The van der Waals surface area contributed by atoms with Crippen LogP contribution in [-0.4, -0.2) is 35.7 Å². The van der Waals surface area contributed by atoms with E-state index in [-0.39, 0.29) is 17.1 Å². The number of hydrogen-bond acceptors (Lipinski definition) is 4. The maximum absolute atomic E-state index is 13.6. The van der Waals surface area contributed by atoms with E-state index in [0.717, 1.165) is 17.7 Å². The van der Waals surface area contributed by atoms with Crippen LogP contribution in [0.4, 0.5) is 13.2 Å². The number of ether oxygens (including phenoxy) is 2. The van der Waals surface area contributed by atoms with Gasteiger partial charge in [-0.1, -0.05) is 48.0 Å². The van der Waals surface area contributed by atoms with Gasteiger partial charge in [0.25, 0.3) is 0 Å². The first kappa shape index (κ1) is 27.8. The topological polar surface area (TPSA) is 59.0 Å². The van der Waals surface area contributed by atoms with Gasteiger partial charge in [-0.15, -0.1) is 0 Å².